The molecular formula is C18H21FN2O4S. The van der Waals surface area contributed by atoms with E-state index >= 15 is 0 Å². The van der Waals surface area contributed by atoms with Gasteiger partial charge in [-0.3, -0.25) is 9.10 Å². The quantitative estimate of drug-likeness (QED) is 0.712. The number of halogens is 1. The summed E-state index contributed by atoms with van der Waals surface area (Å²) >= 11 is 0. The Bertz CT molecular complexity index is 854. The van der Waals surface area contributed by atoms with Crippen molar-refractivity contribution >= 4 is 21.6 Å². The lowest BCUT2D eigenvalue weighted by molar-refractivity contribution is -0.119. The number of para-hydroxylation sites is 1. The number of sulfonamides is 1. The highest BCUT2D eigenvalue weighted by atomic mass is 32.2. The third-order valence-electron chi connectivity index (χ3n) is 3.58. The molecular weight excluding hydrogens is 359 g/mol. The number of rotatable bonds is 8. The van der Waals surface area contributed by atoms with E-state index in [1.807, 2.05) is 0 Å². The van der Waals surface area contributed by atoms with Crippen LogP contribution in [0.15, 0.2) is 48.5 Å². The highest BCUT2D eigenvalue weighted by Gasteiger charge is 2.21. The molecule has 1 amide bonds. The van der Waals surface area contributed by atoms with Gasteiger partial charge in [-0.25, -0.2) is 12.8 Å². The number of nitrogens with one attached hydrogen (secondary N) is 1. The van der Waals surface area contributed by atoms with E-state index in [0.717, 1.165) is 16.1 Å². The molecule has 0 aliphatic carbocycles. The van der Waals surface area contributed by atoms with Crippen LogP contribution >= 0.6 is 0 Å². The van der Waals surface area contributed by atoms with Gasteiger partial charge in [0.2, 0.25) is 15.9 Å². The van der Waals surface area contributed by atoms with Gasteiger partial charge in [-0.1, -0.05) is 18.2 Å². The molecule has 0 aliphatic heterocycles. The summed E-state index contributed by atoms with van der Waals surface area (Å²) in [7, 11) is -3.61. The summed E-state index contributed by atoms with van der Waals surface area (Å²) in [6.07, 6.45) is 1.06. The SMILES string of the molecule is Cc1ccccc1N(CC(=O)NCCOc1ccc(F)cc1)S(C)(=O)=O. The van der Waals surface area contributed by atoms with Crippen molar-refractivity contribution in [2.75, 3.05) is 30.3 Å². The summed E-state index contributed by atoms with van der Waals surface area (Å²) in [5, 5.41) is 2.61. The van der Waals surface area contributed by atoms with Gasteiger partial charge in [0.25, 0.3) is 0 Å². The summed E-state index contributed by atoms with van der Waals surface area (Å²) < 4.78 is 43.3. The lowest BCUT2D eigenvalue weighted by atomic mass is 10.2. The van der Waals surface area contributed by atoms with Crippen molar-refractivity contribution < 1.29 is 22.3 Å². The summed E-state index contributed by atoms with van der Waals surface area (Å²) in [6.45, 7) is 1.84. The second kappa shape index (κ2) is 8.66. The molecule has 2 aromatic carbocycles. The first-order chi connectivity index (χ1) is 12.3. The second-order valence-electron chi connectivity index (χ2n) is 5.71. The minimum absolute atomic E-state index is 0.181. The molecule has 2 rings (SSSR count). The molecule has 8 heteroatoms. The van der Waals surface area contributed by atoms with Crippen LogP contribution in [0.2, 0.25) is 0 Å². The minimum atomic E-state index is -3.61. The van der Waals surface area contributed by atoms with E-state index in [0.29, 0.717) is 11.4 Å². The van der Waals surface area contributed by atoms with Gasteiger partial charge in [0.1, 0.15) is 24.7 Å². The number of anilines is 1. The van der Waals surface area contributed by atoms with E-state index in [1.165, 1.54) is 24.3 Å². The van der Waals surface area contributed by atoms with Crippen molar-refractivity contribution in [1.29, 1.82) is 0 Å². The Kier molecular flexibility index (Phi) is 6.57. The Morgan fingerprint density at radius 3 is 2.42 bits per heavy atom. The molecule has 1 N–H and O–H groups in total. The van der Waals surface area contributed by atoms with Crippen LogP contribution in [0.1, 0.15) is 5.56 Å². The average molecular weight is 380 g/mol. The van der Waals surface area contributed by atoms with E-state index in [2.05, 4.69) is 5.32 Å². The van der Waals surface area contributed by atoms with Gasteiger partial charge in [0.05, 0.1) is 18.5 Å². The summed E-state index contributed by atoms with van der Waals surface area (Å²) in [5.74, 6) is -0.317. The van der Waals surface area contributed by atoms with Crippen LogP contribution in [-0.4, -0.2) is 40.3 Å². The molecule has 0 bridgehead atoms. The minimum Gasteiger partial charge on any atom is -0.492 e. The normalized spacial score (nSPS) is 11.0. The largest absolute Gasteiger partial charge is 0.492 e. The van der Waals surface area contributed by atoms with Gasteiger partial charge in [0, 0.05) is 0 Å². The highest BCUT2D eigenvalue weighted by molar-refractivity contribution is 7.92. The Labute approximate surface area is 152 Å². The van der Waals surface area contributed by atoms with E-state index in [9.17, 15) is 17.6 Å². The molecule has 0 atom stereocenters. The zero-order valence-corrected chi connectivity index (χ0v) is 15.4. The number of carbonyl (C=O) groups excluding carboxylic acids is 1. The predicted octanol–water partition coefficient (Wildman–Crippen LogP) is 2.10. The lowest BCUT2D eigenvalue weighted by Gasteiger charge is -2.23. The average Bonchev–Trinajstić information content (AvgIpc) is 2.58. The number of benzene rings is 2. The fourth-order valence-electron chi connectivity index (χ4n) is 2.30. The molecule has 6 nitrogen and oxygen atoms in total. The lowest BCUT2D eigenvalue weighted by Crippen LogP contribution is -2.41. The van der Waals surface area contributed by atoms with Gasteiger partial charge < -0.3 is 10.1 Å². The fraction of sp³-hybridized carbons (Fsp3) is 0.278. The molecule has 0 spiro atoms. The van der Waals surface area contributed by atoms with Crippen LogP contribution in [0.25, 0.3) is 0 Å². The summed E-state index contributed by atoms with van der Waals surface area (Å²) in [4.78, 5) is 12.1. The highest BCUT2D eigenvalue weighted by Crippen LogP contribution is 2.21. The van der Waals surface area contributed by atoms with Crippen LogP contribution in [0.4, 0.5) is 10.1 Å². The van der Waals surface area contributed by atoms with Gasteiger partial charge in [0.15, 0.2) is 0 Å². The van der Waals surface area contributed by atoms with Gasteiger partial charge in [-0.2, -0.15) is 0 Å². The number of hydrogen-bond acceptors (Lipinski definition) is 4. The zero-order valence-electron chi connectivity index (χ0n) is 14.6. The van der Waals surface area contributed by atoms with E-state index in [4.69, 9.17) is 4.74 Å². The first-order valence-corrected chi connectivity index (χ1v) is 9.80. The maximum Gasteiger partial charge on any atom is 0.240 e. The monoisotopic (exact) mass is 380 g/mol. The van der Waals surface area contributed by atoms with Crippen LogP contribution in [0.3, 0.4) is 0 Å². The molecule has 0 aliphatic rings. The molecule has 0 radical (unpaired) electrons. The van der Waals surface area contributed by atoms with Crippen LogP contribution in [0.5, 0.6) is 5.75 Å². The number of aryl methyl sites for hydroxylation is 1. The van der Waals surface area contributed by atoms with E-state index < -0.39 is 15.9 Å². The topological polar surface area (TPSA) is 75.7 Å². The number of hydrogen-bond donors (Lipinski definition) is 1. The summed E-state index contributed by atoms with van der Waals surface area (Å²) in [6, 6.07) is 12.5. The van der Waals surface area contributed by atoms with Crippen molar-refractivity contribution in [3.63, 3.8) is 0 Å². The first kappa shape index (κ1) is 19.7. The van der Waals surface area contributed by atoms with Gasteiger partial charge >= 0.3 is 0 Å². The third-order valence-corrected chi connectivity index (χ3v) is 4.70. The number of ether oxygens (including phenoxy) is 1. The third kappa shape index (κ3) is 5.73. The smallest absolute Gasteiger partial charge is 0.240 e. The van der Waals surface area contributed by atoms with E-state index in [1.54, 1.807) is 31.2 Å². The van der Waals surface area contributed by atoms with Crippen LogP contribution < -0.4 is 14.4 Å². The first-order valence-electron chi connectivity index (χ1n) is 7.96. The molecule has 140 valence electrons. The number of nitrogens with zero attached hydrogens (tertiary/aromatic N) is 1. The van der Waals surface area contributed by atoms with Crippen LogP contribution in [-0.2, 0) is 14.8 Å². The molecule has 0 aromatic heterocycles. The maximum absolute atomic E-state index is 12.8. The summed E-state index contributed by atoms with van der Waals surface area (Å²) in [5.41, 5.74) is 1.22. The number of carbonyl (C=O) groups is 1. The Balaban J connectivity index is 1.89. The molecule has 0 heterocycles. The molecule has 0 fully saturated rings. The molecule has 26 heavy (non-hydrogen) atoms. The van der Waals surface area contributed by atoms with Crippen molar-refractivity contribution in [3.8, 4) is 5.75 Å². The molecule has 2 aromatic rings. The van der Waals surface area contributed by atoms with Crippen molar-refractivity contribution in [3.05, 3.63) is 59.9 Å². The molecule has 0 saturated carbocycles. The van der Waals surface area contributed by atoms with Gasteiger partial charge in [-0.05, 0) is 42.8 Å². The molecule has 0 saturated heterocycles. The van der Waals surface area contributed by atoms with Crippen molar-refractivity contribution in [2.45, 2.75) is 6.92 Å². The fourth-order valence-corrected chi connectivity index (χ4v) is 3.21. The van der Waals surface area contributed by atoms with Crippen LogP contribution in [0, 0.1) is 12.7 Å². The van der Waals surface area contributed by atoms with Gasteiger partial charge in [-0.15, -0.1) is 0 Å². The Morgan fingerprint density at radius 1 is 1.15 bits per heavy atom. The Morgan fingerprint density at radius 2 is 1.81 bits per heavy atom. The predicted molar refractivity (Wildman–Crippen MR) is 98.3 cm³/mol. The number of amides is 1. The Hall–Kier alpha value is -2.61. The second-order valence-corrected chi connectivity index (χ2v) is 7.62. The standard InChI is InChI=1S/C18H21FN2O4S/c1-14-5-3-4-6-17(14)21(26(2,23)24)13-18(22)20-11-12-25-16-9-7-15(19)8-10-16/h3-10H,11-13H2,1-2H3,(H,20,22). The maximum atomic E-state index is 12.8. The van der Waals surface area contributed by atoms with Crippen molar-refractivity contribution in [1.82, 2.24) is 5.32 Å². The van der Waals surface area contributed by atoms with E-state index in [-0.39, 0.29) is 25.5 Å². The zero-order chi connectivity index (χ0) is 19.2. The van der Waals surface area contributed by atoms with Crippen molar-refractivity contribution in [2.24, 2.45) is 0 Å². The molecule has 0 unspecified atom stereocenters.